The first-order chi connectivity index (χ1) is 29.0. The molecule has 1 heterocycles. The Morgan fingerprint density at radius 1 is 0.305 bits per heavy atom. The first-order valence-electron chi connectivity index (χ1n) is 20.4. The van der Waals surface area contributed by atoms with Crippen LogP contribution in [0.3, 0.4) is 0 Å². The lowest BCUT2D eigenvalue weighted by atomic mass is 9.82. The minimum absolute atomic E-state index is 0.0834. The fourth-order valence-corrected chi connectivity index (χ4v) is 9.85. The van der Waals surface area contributed by atoms with Crippen LogP contribution in [0.4, 0.5) is 0 Å². The Balaban J connectivity index is 1.19. The molecule has 11 aromatic rings. The van der Waals surface area contributed by atoms with E-state index in [0.29, 0.717) is 17.5 Å². The molecule has 0 N–H and O–H groups in total. The second-order valence-electron chi connectivity index (χ2n) is 16.3. The smallest absolute Gasteiger partial charge is 0.165 e. The summed E-state index contributed by atoms with van der Waals surface area (Å²) in [6.45, 7) is 4.67. The molecule has 1 aliphatic carbocycles. The van der Waals surface area contributed by atoms with Crippen molar-refractivity contribution in [2.75, 3.05) is 0 Å². The first-order valence-corrected chi connectivity index (χ1v) is 20.4. The van der Waals surface area contributed by atoms with Crippen LogP contribution >= 0.6 is 0 Å². The zero-order valence-electron chi connectivity index (χ0n) is 32.7. The maximum Gasteiger partial charge on any atom is 0.165 e. The fraction of sp³-hybridized carbons (Fsp3) is 0.0536. The van der Waals surface area contributed by atoms with E-state index in [1.165, 1.54) is 43.8 Å². The number of rotatable bonds is 4. The predicted octanol–water partition coefficient (Wildman–Crippen LogP) is 14.6. The summed E-state index contributed by atoms with van der Waals surface area (Å²) in [6, 6.07) is 67.9. The van der Waals surface area contributed by atoms with Gasteiger partial charge in [-0.15, -0.1) is 0 Å². The lowest BCUT2D eigenvalue weighted by Gasteiger charge is -2.21. The van der Waals surface area contributed by atoms with Gasteiger partial charge >= 0.3 is 0 Å². The Kier molecular flexibility index (Phi) is 7.27. The van der Waals surface area contributed by atoms with E-state index in [2.05, 4.69) is 202 Å². The molecule has 0 bridgehead atoms. The molecule has 0 unspecified atom stereocenters. The van der Waals surface area contributed by atoms with Crippen LogP contribution in [0.25, 0.3) is 110 Å². The molecule has 0 fully saturated rings. The molecule has 276 valence electrons. The minimum Gasteiger partial charge on any atom is -0.208 e. The fourth-order valence-electron chi connectivity index (χ4n) is 9.85. The average molecular weight is 752 g/mol. The molecule has 0 radical (unpaired) electrons. The number of fused-ring (bicyclic) bond motifs is 10. The molecule has 0 atom stereocenters. The highest BCUT2D eigenvalue weighted by Crippen LogP contribution is 2.50. The molecule has 0 amide bonds. The van der Waals surface area contributed by atoms with Crippen molar-refractivity contribution >= 4 is 53.9 Å². The van der Waals surface area contributed by atoms with Crippen LogP contribution in [-0.4, -0.2) is 15.0 Å². The predicted molar refractivity (Wildman–Crippen MR) is 247 cm³/mol. The highest BCUT2D eigenvalue weighted by molar-refractivity contribution is 6.15. The van der Waals surface area contributed by atoms with Gasteiger partial charge in [-0.2, -0.15) is 0 Å². The summed E-state index contributed by atoms with van der Waals surface area (Å²) in [5.74, 6) is 1.94. The quantitative estimate of drug-likeness (QED) is 0.168. The molecule has 3 heteroatoms. The van der Waals surface area contributed by atoms with Gasteiger partial charge in [0.1, 0.15) is 0 Å². The van der Waals surface area contributed by atoms with Crippen LogP contribution in [0.1, 0.15) is 25.0 Å². The summed E-state index contributed by atoms with van der Waals surface area (Å²) in [7, 11) is 0. The average Bonchev–Trinajstić information content (AvgIpc) is 3.53. The van der Waals surface area contributed by atoms with Gasteiger partial charge in [-0.1, -0.05) is 184 Å². The van der Waals surface area contributed by atoms with Crippen LogP contribution in [0.2, 0.25) is 0 Å². The van der Waals surface area contributed by atoms with Crippen molar-refractivity contribution in [1.29, 1.82) is 0 Å². The van der Waals surface area contributed by atoms with Crippen molar-refractivity contribution in [3.8, 4) is 56.4 Å². The van der Waals surface area contributed by atoms with E-state index in [1.807, 2.05) is 0 Å². The lowest BCUT2D eigenvalue weighted by Crippen LogP contribution is -2.14. The molecule has 0 saturated heterocycles. The first kappa shape index (κ1) is 33.6. The third kappa shape index (κ3) is 5.11. The topological polar surface area (TPSA) is 38.7 Å². The van der Waals surface area contributed by atoms with E-state index < -0.39 is 0 Å². The van der Waals surface area contributed by atoms with E-state index >= 15 is 0 Å². The third-order valence-corrected chi connectivity index (χ3v) is 12.7. The molecule has 0 saturated carbocycles. The van der Waals surface area contributed by atoms with E-state index in [-0.39, 0.29) is 5.41 Å². The van der Waals surface area contributed by atoms with E-state index in [0.717, 1.165) is 60.1 Å². The minimum atomic E-state index is -0.0834. The monoisotopic (exact) mass is 751 g/mol. The van der Waals surface area contributed by atoms with Gasteiger partial charge in [0.2, 0.25) is 0 Å². The zero-order chi connectivity index (χ0) is 39.2. The van der Waals surface area contributed by atoms with Crippen molar-refractivity contribution in [3.63, 3.8) is 0 Å². The van der Waals surface area contributed by atoms with Crippen LogP contribution in [-0.2, 0) is 5.41 Å². The highest BCUT2D eigenvalue weighted by Gasteiger charge is 2.35. The summed E-state index contributed by atoms with van der Waals surface area (Å²) in [6.07, 6.45) is 0. The number of hydrogen-bond acceptors (Lipinski definition) is 3. The SMILES string of the molecule is CC1(C)c2ccccc2-c2cc(-c3ccc4ccccc4c3-c3nc(-c4cc5ccccc5c5ccccc45)nc(-c4cc5ccccc5c5ccccc45)n3)ccc21. The van der Waals surface area contributed by atoms with Gasteiger partial charge in [0.25, 0.3) is 0 Å². The van der Waals surface area contributed by atoms with Crippen LogP contribution < -0.4 is 0 Å². The van der Waals surface area contributed by atoms with Gasteiger partial charge < -0.3 is 0 Å². The zero-order valence-corrected chi connectivity index (χ0v) is 32.7. The Morgan fingerprint density at radius 3 is 1.41 bits per heavy atom. The van der Waals surface area contributed by atoms with Gasteiger partial charge in [-0.3, -0.25) is 0 Å². The summed E-state index contributed by atoms with van der Waals surface area (Å²) in [5.41, 5.74) is 10.4. The lowest BCUT2D eigenvalue weighted by molar-refractivity contribution is 0.660. The molecule has 0 spiro atoms. The summed E-state index contributed by atoms with van der Waals surface area (Å²) in [4.78, 5) is 16.6. The second-order valence-corrected chi connectivity index (χ2v) is 16.3. The third-order valence-electron chi connectivity index (χ3n) is 12.7. The molecule has 10 aromatic carbocycles. The molecular weight excluding hydrogens is 715 g/mol. The Hall–Kier alpha value is -7.49. The van der Waals surface area contributed by atoms with Crippen LogP contribution in [0.15, 0.2) is 188 Å². The van der Waals surface area contributed by atoms with E-state index in [9.17, 15) is 0 Å². The molecule has 1 aromatic heterocycles. The Bertz CT molecular complexity index is 3410. The Morgan fingerprint density at radius 2 is 0.780 bits per heavy atom. The number of nitrogens with zero attached hydrogens (tertiary/aromatic N) is 3. The summed E-state index contributed by atoms with van der Waals surface area (Å²) >= 11 is 0. The van der Waals surface area contributed by atoms with Gasteiger partial charge in [-0.05, 0) is 105 Å². The van der Waals surface area contributed by atoms with Crippen molar-refractivity contribution < 1.29 is 0 Å². The van der Waals surface area contributed by atoms with Gasteiger partial charge in [0.15, 0.2) is 17.5 Å². The standard InChI is InChI=1S/C56H37N3/c1-56(2)50-26-14-13-25-46(50)47-31-37(28-30-51(47)56)41-29-27-34-15-3-8-20-40(34)52(41)55-58-53(48-32-35-16-4-6-18-38(35)42-21-9-11-23-44(42)48)57-54(59-55)49-33-36-17-5-7-19-39(36)43-22-10-12-24-45(43)49/h3-33H,1-2H3. The number of hydrogen-bond donors (Lipinski definition) is 0. The van der Waals surface area contributed by atoms with E-state index in [1.54, 1.807) is 0 Å². The highest BCUT2D eigenvalue weighted by atomic mass is 15.0. The molecule has 59 heavy (non-hydrogen) atoms. The normalized spacial score (nSPS) is 13.1. The van der Waals surface area contributed by atoms with Crippen molar-refractivity contribution in [3.05, 3.63) is 199 Å². The summed E-state index contributed by atoms with van der Waals surface area (Å²) in [5, 5.41) is 11.5. The van der Waals surface area contributed by atoms with Gasteiger partial charge in [0.05, 0.1) is 0 Å². The van der Waals surface area contributed by atoms with Gasteiger partial charge in [0, 0.05) is 22.1 Å². The maximum atomic E-state index is 5.54. The number of aromatic nitrogens is 3. The largest absolute Gasteiger partial charge is 0.208 e. The van der Waals surface area contributed by atoms with Crippen molar-refractivity contribution in [1.82, 2.24) is 15.0 Å². The van der Waals surface area contributed by atoms with Gasteiger partial charge in [-0.25, -0.2) is 15.0 Å². The second kappa shape index (κ2) is 12.8. The molecule has 12 rings (SSSR count). The molecule has 0 aliphatic heterocycles. The molecule has 1 aliphatic rings. The maximum absolute atomic E-state index is 5.54. The molecular formula is C56H37N3. The van der Waals surface area contributed by atoms with Crippen molar-refractivity contribution in [2.45, 2.75) is 19.3 Å². The van der Waals surface area contributed by atoms with E-state index in [4.69, 9.17) is 15.0 Å². The number of benzene rings is 10. The van der Waals surface area contributed by atoms with Crippen LogP contribution in [0, 0.1) is 0 Å². The summed E-state index contributed by atoms with van der Waals surface area (Å²) < 4.78 is 0. The Labute approximate surface area is 342 Å². The molecule has 3 nitrogen and oxygen atoms in total. The van der Waals surface area contributed by atoms with Crippen molar-refractivity contribution in [2.24, 2.45) is 0 Å². The van der Waals surface area contributed by atoms with Crippen LogP contribution in [0.5, 0.6) is 0 Å².